The number of rotatable bonds is 8. The molecule has 8 heteroatoms. The van der Waals surface area contributed by atoms with Gasteiger partial charge in [0, 0.05) is 25.8 Å². The molecule has 3 rings (SSSR count). The Kier molecular flexibility index (Phi) is 7.61. The topological polar surface area (TPSA) is 55.8 Å². The van der Waals surface area contributed by atoms with Crippen LogP contribution in [0.3, 0.4) is 0 Å². The van der Waals surface area contributed by atoms with Crippen LogP contribution in [0.1, 0.15) is 17.5 Å². The highest BCUT2D eigenvalue weighted by atomic mass is 35.5. The van der Waals surface area contributed by atoms with Gasteiger partial charge in [-0.3, -0.25) is 14.5 Å². The third-order valence-corrected chi connectivity index (χ3v) is 5.83. The van der Waals surface area contributed by atoms with Crippen LogP contribution in [-0.4, -0.2) is 36.3 Å². The van der Waals surface area contributed by atoms with Gasteiger partial charge >= 0.3 is 0 Å². The van der Waals surface area contributed by atoms with E-state index in [1.807, 2.05) is 30.3 Å². The number of thioether (sulfide) groups is 1. The summed E-state index contributed by atoms with van der Waals surface area (Å²) < 4.78 is 10.9. The Balaban J connectivity index is 1.74. The van der Waals surface area contributed by atoms with Crippen molar-refractivity contribution in [3.63, 3.8) is 0 Å². The molecular formula is C21H19Cl2NO4S. The van der Waals surface area contributed by atoms with Crippen molar-refractivity contribution >= 4 is 52.2 Å². The monoisotopic (exact) mass is 451 g/mol. The Bertz CT molecular complexity index is 948. The van der Waals surface area contributed by atoms with Crippen LogP contribution in [0.5, 0.6) is 5.75 Å². The minimum atomic E-state index is -0.296. The summed E-state index contributed by atoms with van der Waals surface area (Å²) in [5.74, 6) is 0.306. The average molecular weight is 452 g/mol. The molecule has 0 atom stereocenters. The molecule has 152 valence electrons. The lowest BCUT2D eigenvalue weighted by Crippen LogP contribution is -2.29. The number of amides is 2. The first-order valence-corrected chi connectivity index (χ1v) is 10.5. The molecule has 0 aromatic heterocycles. The highest BCUT2D eigenvalue weighted by Crippen LogP contribution is 2.34. The predicted octanol–water partition coefficient (Wildman–Crippen LogP) is 5.65. The fourth-order valence-corrected chi connectivity index (χ4v) is 3.90. The Morgan fingerprint density at radius 2 is 1.90 bits per heavy atom. The smallest absolute Gasteiger partial charge is 0.293 e. The van der Waals surface area contributed by atoms with Gasteiger partial charge in [-0.15, -0.1) is 0 Å². The zero-order valence-electron chi connectivity index (χ0n) is 15.7. The van der Waals surface area contributed by atoms with E-state index in [-0.39, 0.29) is 11.1 Å². The molecule has 0 saturated carbocycles. The minimum Gasteiger partial charge on any atom is -0.488 e. The van der Waals surface area contributed by atoms with Crippen LogP contribution in [0.25, 0.3) is 6.08 Å². The van der Waals surface area contributed by atoms with Gasteiger partial charge in [0.2, 0.25) is 0 Å². The molecule has 1 aliphatic rings. The molecule has 0 aliphatic carbocycles. The van der Waals surface area contributed by atoms with E-state index in [1.54, 1.807) is 25.3 Å². The molecule has 2 aromatic rings. The van der Waals surface area contributed by atoms with E-state index in [9.17, 15) is 9.59 Å². The minimum absolute atomic E-state index is 0.272. The molecule has 29 heavy (non-hydrogen) atoms. The van der Waals surface area contributed by atoms with Crippen molar-refractivity contribution in [3.8, 4) is 5.75 Å². The van der Waals surface area contributed by atoms with E-state index in [4.69, 9.17) is 32.7 Å². The first-order chi connectivity index (χ1) is 14.0. The van der Waals surface area contributed by atoms with E-state index in [1.165, 1.54) is 4.90 Å². The average Bonchev–Trinajstić information content (AvgIpc) is 2.97. The number of carbonyl (C=O) groups is 2. The van der Waals surface area contributed by atoms with Crippen LogP contribution in [0.15, 0.2) is 47.4 Å². The van der Waals surface area contributed by atoms with Gasteiger partial charge in [-0.05, 0) is 48.0 Å². The number of methoxy groups -OCH3 is 1. The second kappa shape index (κ2) is 10.2. The van der Waals surface area contributed by atoms with Crippen LogP contribution in [0.2, 0.25) is 10.0 Å². The standard InChI is InChI=1S/C21H19Cl2NO4S/c1-27-10-4-9-24-20(25)19(29-21(24)26)12-15-5-2-3-6-18(15)28-13-14-7-8-16(22)17(23)11-14/h2-3,5-8,11-12H,4,9-10,13H2,1H3/b19-12+. The van der Waals surface area contributed by atoms with Gasteiger partial charge in [-0.25, -0.2) is 0 Å². The van der Waals surface area contributed by atoms with Crippen molar-refractivity contribution in [2.45, 2.75) is 13.0 Å². The molecule has 0 bridgehead atoms. The van der Waals surface area contributed by atoms with Gasteiger partial charge in [-0.1, -0.05) is 47.5 Å². The highest BCUT2D eigenvalue weighted by Gasteiger charge is 2.34. The number of benzene rings is 2. The maximum atomic E-state index is 12.6. The van der Waals surface area contributed by atoms with Gasteiger partial charge in [0.05, 0.1) is 15.0 Å². The molecule has 1 heterocycles. The highest BCUT2D eigenvalue weighted by molar-refractivity contribution is 8.18. The molecule has 2 aromatic carbocycles. The zero-order chi connectivity index (χ0) is 20.8. The lowest BCUT2D eigenvalue weighted by Gasteiger charge is -2.12. The maximum absolute atomic E-state index is 12.6. The summed E-state index contributed by atoms with van der Waals surface area (Å²) in [6.07, 6.45) is 2.29. The number of para-hydroxylation sites is 1. The largest absolute Gasteiger partial charge is 0.488 e. The molecule has 1 saturated heterocycles. The number of carbonyl (C=O) groups excluding carboxylic acids is 2. The van der Waals surface area contributed by atoms with Gasteiger partial charge < -0.3 is 9.47 Å². The molecule has 1 aliphatic heterocycles. The lowest BCUT2D eigenvalue weighted by atomic mass is 10.1. The Morgan fingerprint density at radius 3 is 2.66 bits per heavy atom. The SMILES string of the molecule is COCCCN1C(=O)S/C(=C/c2ccccc2OCc2ccc(Cl)c(Cl)c2)C1=O. The van der Waals surface area contributed by atoms with Crippen LogP contribution in [-0.2, 0) is 16.1 Å². The summed E-state index contributed by atoms with van der Waals surface area (Å²) in [7, 11) is 1.59. The lowest BCUT2D eigenvalue weighted by molar-refractivity contribution is -0.122. The van der Waals surface area contributed by atoms with Crippen LogP contribution in [0.4, 0.5) is 4.79 Å². The third kappa shape index (κ3) is 5.54. The fourth-order valence-electron chi connectivity index (χ4n) is 2.72. The van der Waals surface area contributed by atoms with E-state index < -0.39 is 0 Å². The number of ether oxygens (including phenoxy) is 2. The number of halogens is 2. The van der Waals surface area contributed by atoms with Crippen molar-refractivity contribution in [2.24, 2.45) is 0 Å². The van der Waals surface area contributed by atoms with E-state index >= 15 is 0 Å². The summed E-state index contributed by atoms with van der Waals surface area (Å²) in [5, 5.41) is 0.673. The third-order valence-electron chi connectivity index (χ3n) is 4.19. The van der Waals surface area contributed by atoms with Gasteiger partial charge in [0.25, 0.3) is 11.1 Å². The Morgan fingerprint density at radius 1 is 1.10 bits per heavy atom. The summed E-state index contributed by atoms with van der Waals surface area (Å²) in [4.78, 5) is 26.4. The van der Waals surface area contributed by atoms with Gasteiger partial charge in [0.1, 0.15) is 12.4 Å². The summed E-state index contributed by atoms with van der Waals surface area (Å²) in [6.45, 7) is 1.12. The summed E-state index contributed by atoms with van der Waals surface area (Å²) in [5.41, 5.74) is 1.59. The number of hydrogen-bond acceptors (Lipinski definition) is 5. The molecule has 0 N–H and O–H groups in total. The second-order valence-electron chi connectivity index (χ2n) is 6.25. The first kappa shape index (κ1) is 21.7. The summed E-state index contributed by atoms with van der Waals surface area (Å²) in [6, 6.07) is 12.6. The van der Waals surface area contributed by atoms with Crippen LogP contribution >= 0.6 is 35.0 Å². The predicted molar refractivity (Wildman–Crippen MR) is 116 cm³/mol. The molecule has 0 unspecified atom stereocenters. The molecule has 0 spiro atoms. The van der Waals surface area contributed by atoms with E-state index in [2.05, 4.69) is 0 Å². The van der Waals surface area contributed by atoms with Crippen molar-refractivity contribution in [2.75, 3.05) is 20.3 Å². The zero-order valence-corrected chi connectivity index (χ0v) is 18.0. The number of nitrogens with zero attached hydrogens (tertiary/aromatic N) is 1. The Labute approximate surface area is 183 Å². The fraction of sp³-hybridized carbons (Fsp3) is 0.238. The van der Waals surface area contributed by atoms with E-state index in [0.29, 0.717) is 46.9 Å². The van der Waals surface area contributed by atoms with Gasteiger partial charge in [-0.2, -0.15) is 0 Å². The Hall–Kier alpha value is -1.99. The molecule has 5 nitrogen and oxygen atoms in total. The molecule has 0 radical (unpaired) electrons. The van der Waals surface area contributed by atoms with Crippen LogP contribution in [0, 0.1) is 0 Å². The van der Waals surface area contributed by atoms with Crippen molar-refractivity contribution < 1.29 is 19.1 Å². The van der Waals surface area contributed by atoms with E-state index in [0.717, 1.165) is 22.9 Å². The second-order valence-corrected chi connectivity index (χ2v) is 8.06. The first-order valence-electron chi connectivity index (χ1n) is 8.89. The summed E-state index contributed by atoms with van der Waals surface area (Å²) >= 11 is 12.9. The number of hydrogen-bond donors (Lipinski definition) is 0. The van der Waals surface area contributed by atoms with Crippen molar-refractivity contribution in [3.05, 3.63) is 68.5 Å². The number of imide groups is 1. The van der Waals surface area contributed by atoms with Crippen LogP contribution < -0.4 is 4.74 Å². The molecular weight excluding hydrogens is 433 g/mol. The normalized spacial score (nSPS) is 15.4. The van der Waals surface area contributed by atoms with Crippen molar-refractivity contribution in [1.29, 1.82) is 0 Å². The van der Waals surface area contributed by atoms with Gasteiger partial charge in [0.15, 0.2) is 0 Å². The molecule has 2 amide bonds. The molecule has 1 fully saturated rings. The quantitative estimate of drug-likeness (QED) is 0.383. The maximum Gasteiger partial charge on any atom is 0.293 e. The van der Waals surface area contributed by atoms with Crippen molar-refractivity contribution in [1.82, 2.24) is 4.90 Å².